The summed E-state index contributed by atoms with van der Waals surface area (Å²) in [6.07, 6.45) is 0.910. The van der Waals surface area contributed by atoms with Crippen LogP contribution in [0.15, 0.2) is 30.3 Å². The van der Waals surface area contributed by atoms with Gasteiger partial charge in [0.25, 0.3) is 0 Å². The summed E-state index contributed by atoms with van der Waals surface area (Å²) in [7, 11) is 1.38. The highest BCUT2D eigenvalue weighted by atomic mass is 35.5. The van der Waals surface area contributed by atoms with Crippen molar-refractivity contribution in [3.8, 4) is 0 Å². The van der Waals surface area contributed by atoms with Crippen LogP contribution in [0.25, 0.3) is 0 Å². The van der Waals surface area contributed by atoms with Gasteiger partial charge < -0.3 is 0 Å². The van der Waals surface area contributed by atoms with Crippen LogP contribution < -0.4 is 0 Å². The SMILES string of the molecule is CN(C(=O)Cl)C(=O)CCc1ccccc1. The molecule has 3 nitrogen and oxygen atoms in total. The van der Waals surface area contributed by atoms with Gasteiger partial charge in [0.05, 0.1) is 0 Å². The quantitative estimate of drug-likeness (QED) is 0.585. The highest BCUT2D eigenvalue weighted by molar-refractivity contribution is 6.63. The first-order valence-corrected chi connectivity index (χ1v) is 4.99. The third-order valence-corrected chi connectivity index (χ3v) is 2.36. The molecule has 0 aliphatic rings. The lowest BCUT2D eigenvalue weighted by Gasteiger charge is -2.10. The van der Waals surface area contributed by atoms with Crippen LogP contribution in [0.5, 0.6) is 0 Å². The Morgan fingerprint density at radius 3 is 2.40 bits per heavy atom. The second-order valence-electron chi connectivity index (χ2n) is 3.19. The minimum Gasteiger partial charge on any atom is -0.274 e. The monoisotopic (exact) mass is 225 g/mol. The summed E-state index contributed by atoms with van der Waals surface area (Å²) >= 11 is 5.17. The molecular formula is C11H12ClNO2. The van der Waals surface area contributed by atoms with Crippen LogP contribution in [0.1, 0.15) is 12.0 Å². The van der Waals surface area contributed by atoms with E-state index in [1.807, 2.05) is 30.3 Å². The van der Waals surface area contributed by atoms with Crippen LogP contribution in [0.3, 0.4) is 0 Å². The van der Waals surface area contributed by atoms with Crippen LogP contribution in [-0.2, 0) is 11.2 Å². The molecule has 80 valence electrons. The molecule has 15 heavy (non-hydrogen) atoms. The minimum absolute atomic E-state index is 0.265. The van der Waals surface area contributed by atoms with Gasteiger partial charge in [-0.1, -0.05) is 30.3 Å². The molecule has 0 aromatic heterocycles. The molecule has 0 unspecified atom stereocenters. The number of hydrogen-bond donors (Lipinski definition) is 0. The van der Waals surface area contributed by atoms with Gasteiger partial charge in [-0.25, -0.2) is 0 Å². The van der Waals surface area contributed by atoms with E-state index in [2.05, 4.69) is 0 Å². The highest BCUT2D eigenvalue weighted by Crippen LogP contribution is 2.05. The summed E-state index contributed by atoms with van der Waals surface area (Å²) in [4.78, 5) is 23.0. The molecule has 0 radical (unpaired) electrons. The Morgan fingerprint density at radius 1 is 1.27 bits per heavy atom. The van der Waals surface area contributed by atoms with Gasteiger partial charge >= 0.3 is 5.37 Å². The number of rotatable bonds is 3. The molecule has 0 fully saturated rings. The van der Waals surface area contributed by atoms with E-state index >= 15 is 0 Å². The topological polar surface area (TPSA) is 37.4 Å². The van der Waals surface area contributed by atoms with E-state index in [1.165, 1.54) is 7.05 Å². The molecule has 0 atom stereocenters. The van der Waals surface area contributed by atoms with Crippen LogP contribution in [-0.4, -0.2) is 23.2 Å². The number of imide groups is 1. The average molecular weight is 226 g/mol. The summed E-state index contributed by atoms with van der Waals surface area (Å²) in [5.74, 6) is -0.265. The molecule has 0 N–H and O–H groups in total. The Kier molecular flexibility index (Phi) is 4.31. The van der Waals surface area contributed by atoms with E-state index in [0.29, 0.717) is 12.8 Å². The van der Waals surface area contributed by atoms with Crippen LogP contribution in [0, 0.1) is 0 Å². The first kappa shape index (κ1) is 11.7. The fraction of sp³-hybridized carbons (Fsp3) is 0.273. The summed E-state index contributed by atoms with van der Waals surface area (Å²) in [5.41, 5.74) is 1.07. The Bertz CT molecular complexity index is 351. The maximum atomic E-state index is 11.4. The first-order valence-electron chi connectivity index (χ1n) is 4.61. The molecular weight excluding hydrogens is 214 g/mol. The third kappa shape index (κ3) is 3.72. The molecule has 1 aromatic carbocycles. The third-order valence-electron chi connectivity index (χ3n) is 2.11. The second kappa shape index (κ2) is 5.51. The normalized spacial score (nSPS) is 9.73. The smallest absolute Gasteiger partial charge is 0.274 e. The molecule has 0 bridgehead atoms. The zero-order chi connectivity index (χ0) is 11.3. The van der Waals surface area contributed by atoms with Crippen molar-refractivity contribution in [3.63, 3.8) is 0 Å². The molecule has 0 aliphatic carbocycles. The van der Waals surface area contributed by atoms with Crippen molar-refractivity contribution in [1.82, 2.24) is 4.90 Å². The molecule has 1 rings (SSSR count). The lowest BCUT2D eigenvalue weighted by Crippen LogP contribution is -2.28. The van der Waals surface area contributed by atoms with Crippen molar-refractivity contribution in [2.75, 3.05) is 7.05 Å². The number of benzene rings is 1. The number of amides is 2. The maximum absolute atomic E-state index is 11.4. The molecule has 0 saturated carbocycles. The van der Waals surface area contributed by atoms with Crippen molar-refractivity contribution in [1.29, 1.82) is 0 Å². The highest BCUT2D eigenvalue weighted by Gasteiger charge is 2.13. The van der Waals surface area contributed by atoms with Gasteiger partial charge in [-0.15, -0.1) is 0 Å². The van der Waals surface area contributed by atoms with Gasteiger partial charge in [0.2, 0.25) is 5.91 Å². The lowest BCUT2D eigenvalue weighted by atomic mass is 10.1. The number of aryl methyl sites for hydroxylation is 1. The number of carbonyl (C=O) groups excluding carboxylic acids is 2. The first-order chi connectivity index (χ1) is 7.11. The van der Waals surface area contributed by atoms with Crippen molar-refractivity contribution in [2.24, 2.45) is 0 Å². The average Bonchev–Trinajstić information content (AvgIpc) is 2.26. The summed E-state index contributed by atoms with van der Waals surface area (Å²) in [5, 5.41) is -0.743. The van der Waals surface area contributed by atoms with E-state index in [4.69, 9.17) is 11.6 Å². The van der Waals surface area contributed by atoms with Crippen molar-refractivity contribution < 1.29 is 9.59 Å². The van der Waals surface area contributed by atoms with E-state index in [-0.39, 0.29) is 5.91 Å². The van der Waals surface area contributed by atoms with Gasteiger partial charge in [-0.2, -0.15) is 0 Å². The van der Waals surface area contributed by atoms with Crippen molar-refractivity contribution in [3.05, 3.63) is 35.9 Å². The van der Waals surface area contributed by atoms with E-state index in [9.17, 15) is 9.59 Å². The maximum Gasteiger partial charge on any atom is 0.322 e. The number of hydrogen-bond acceptors (Lipinski definition) is 2. The van der Waals surface area contributed by atoms with E-state index < -0.39 is 5.37 Å². The number of nitrogens with zero attached hydrogens (tertiary/aromatic N) is 1. The Balaban J connectivity index is 2.44. The molecule has 0 aliphatic heterocycles. The van der Waals surface area contributed by atoms with E-state index in [0.717, 1.165) is 10.5 Å². The number of halogens is 1. The number of carbonyl (C=O) groups is 2. The predicted molar refractivity (Wildman–Crippen MR) is 58.8 cm³/mol. The van der Waals surface area contributed by atoms with Gasteiger partial charge in [0, 0.05) is 13.5 Å². The van der Waals surface area contributed by atoms with Crippen molar-refractivity contribution >= 4 is 22.9 Å². The van der Waals surface area contributed by atoms with Crippen LogP contribution in [0.4, 0.5) is 4.79 Å². The van der Waals surface area contributed by atoms with Crippen LogP contribution in [0.2, 0.25) is 0 Å². The molecule has 0 heterocycles. The Hall–Kier alpha value is -1.35. The summed E-state index contributed by atoms with van der Waals surface area (Å²) in [6, 6.07) is 9.62. The van der Waals surface area contributed by atoms with E-state index in [1.54, 1.807) is 0 Å². The zero-order valence-corrected chi connectivity index (χ0v) is 9.20. The Labute approximate surface area is 93.6 Å². The van der Waals surface area contributed by atoms with Crippen molar-refractivity contribution in [2.45, 2.75) is 12.8 Å². The summed E-state index contributed by atoms with van der Waals surface area (Å²) < 4.78 is 0. The Morgan fingerprint density at radius 2 is 1.87 bits per heavy atom. The molecule has 0 saturated heterocycles. The molecule has 1 aromatic rings. The lowest BCUT2D eigenvalue weighted by molar-refractivity contribution is -0.126. The minimum atomic E-state index is -0.743. The second-order valence-corrected chi connectivity index (χ2v) is 3.51. The zero-order valence-electron chi connectivity index (χ0n) is 8.44. The fourth-order valence-electron chi connectivity index (χ4n) is 1.16. The molecule has 2 amide bonds. The van der Waals surface area contributed by atoms with Gasteiger partial charge in [-0.3, -0.25) is 14.5 Å². The van der Waals surface area contributed by atoms with Gasteiger partial charge in [-0.05, 0) is 23.6 Å². The molecule has 0 spiro atoms. The van der Waals surface area contributed by atoms with Crippen LogP contribution >= 0.6 is 11.6 Å². The standard InChI is InChI=1S/C11H12ClNO2/c1-13(11(12)15)10(14)8-7-9-5-3-2-4-6-9/h2-6H,7-8H2,1H3. The largest absolute Gasteiger partial charge is 0.322 e. The predicted octanol–water partition coefficient (Wildman–Crippen LogP) is 2.44. The van der Waals surface area contributed by atoms with Gasteiger partial charge in [0.15, 0.2) is 0 Å². The fourth-order valence-corrected chi connectivity index (χ4v) is 1.26. The summed E-state index contributed by atoms with van der Waals surface area (Å²) in [6.45, 7) is 0. The van der Waals surface area contributed by atoms with Gasteiger partial charge in [0.1, 0.15) is 0 Å². The molecule has 4 heteroatoms.